The van der Waals surface area contributed by atoms with Crippen LogP contribution in [0.5, 0.6) is 0 Å². The van der Waals surface area contributed by atoms with Crippen molar-refractivity contribution < 1.29 is 18.7 Å². The predicted octanol–water partition coefficient (Wildman–Crippen LogP) is 1.72. The minimum Gasteiger partial charge on any atom is -0.444 e. The van der Waals surface area contributed by atoms with Gasteiger partial charge in [0.15, 0.2) is 0 Å². The highest BCUT2D eigenvalue weighted by atomic mass is 19.1. The van der Waals surface area contributed by atoms with Crippen LogP contribution in [0, 0.1) is 5.41 Å². The van der Waals surface area contributed by atoms with Crippen molar-refractivity contribution in [2.75, 3.05) is 26.7 Å². The molecule has 0 unspecified atom stereocenters. The van der Waals surface area contributed by atoms with Crippen molar-refractivity contribution in [2.24, 2.45) is 0 Å². The Morgan fingerprint density at radius 3 is 2.67 bits per heavy atom. The Bertz CT molecular complexity index is 564. The third-order valence-electron chi connectivity index (χ3n) is 3.19. The first kappa shape index (κ1) is 19.7. The van der Waals surface area contributed by atoms with Crippen LogP contribution < -0.4 is 10.6 Å². The Balaban J connectivity index is 2.49. The molecule has 0 aromatic rings. The van der Waals surface area contributed by atoms with Gasteiger partial charge in [-0.2, -0.15) is 0 Å². The number of carbonyl (C=O) groups is 2. The van der Waals surface area contributed by atoms with E-state index in [1.165, 1.54) is 11.1 Å². The van der Waals surface area contributed by atoms with Crippen molar-refractivity contribution in [3.63, 3.8) is 0 Å². The topological polar surface area (TPSA) is 94.5 Å². The number of piperidine rings is 1. The number of likely N-dealkylation sites (tertiary alicyclic amines) is 1. The molecule has 1 aliphatic heterocycles. The number of hydrogen-bond acceptors (Lipinski definition) is 5. The maximum atomic E-state index is 12.9. The van der Waals surface area contributed by atoms with E-state index < -0.39 is 11.7 Å². The fourth-order valence-electron chi connectivity index (χ4n) is 1.92. The molecule has 134 valence electrons. The molecule has 0 radical (unpaired) electrons. The van der Waals surface area contributed by atoms with Crippen molar-refractivity contribution in [1.29, 1.82) is 5.41 Å². The average Bonchev–Trinajstić information content (AvgIpc) is 2.48. The summed E-state index contributed by atoms with van der Waals surface area (Å²) in [6.45, 7) is 5.80. The highest BCUT2D eigenvalue weighted by Crippen LogP contribution is 2.11. The van der Waals surface area contributed by atoms with Gasteiger partial charge in [-0.05, 0) is 26.3 Å². The number of alkyl carbamates (subject to hydrolysis) is 1. The van der Waals surface area contributed by atoms with E-state index >= 15 is 0 Å². The highest BCUT2D eigenvalue weighted by molar-refractivity contribution is 6.21. The number of rotatable bonds is 5. The van der Waals surface area contributed by atoms with Gasteiger partial charge in [0.25, 0.3) is 5.91 Å². The van der Waals surface area contributed by atoms with Crippen LogP contribution in [-0.2, 0) is 9.53 Å². The summed E-state index contributed by atoms with van der Waals surface area (Å²) in [6.07, 6.45) is 1.66. The van der Waals surface area contributed by atoms with Gasteiger partial charge in [0.05, 0.1) is 11.9 Å². The summed E-state index contributed by atoms with van der Waals surface area (Å²) in [5, 5.41) is 13.1. The SMILES string of the molecule is CN1CCC(=N)/C(=C\NC/C(=C/F)CNC(=O)OC(C)(C)C)C1=O. The zero-order valence-electron chi connectivity index (χ0n) is 14.5. The second kappa shape index (κ2) is 8.47. The molecule has 1 saturated heterocycles. The number of ether oxygens (including phenoxy) is 1. The van der Waals surface area contributed by atoms with Gasteiger partial charge < -0.3 is 25.7 Å². The average molecular weight is 340 g/mol. The molecule has 2 amide bonds. The summed E-state index contributed by atoms with van der Waals surface area (Å²) in [4.78, 5) is 25.0. The van der Waals surface area contributed by atoms with E-state index in [4.69, 9.17) is 10.1 Å². The molecular weight excluding hydrogens is 315 g/mol. The van der Waals surface area contributed by atoms with Gasteiger partial charge in [-0.1, -0.05) is 0 Å². The normalized spacial score (nSPS) is 18.0. The molecule has 0 spiro atoms. The van der Waals surface area contributed by atoms with E-state index in [1.54, 1.807) is 27.8 Å². The van der Waals surface area contributed by atoms with Crippen LogP contribution in [0.15, 0.2) is 23.7 Å². The Labute approximate surface area is 141 Å². The Morgan fingerprint density at radius 2 is 2.08 bits per heavy atom. The van der Waals surface area contributed by atoms with E-state index in [0.29, 0.717) is 19.3 Å². The van der Waals surface area contributed by atoms with Crippen LogP contribution in [0.4, 0.5) is 9.18 Å². The molecule has 0 aromatic heterocycles. The van der Waals surface area contributed by atoms with Crippen molar-refractivity contribution >= 4 is 17.7 Å². The fourth-order valence-corrected chi connectivity index (χ4v) is 1.92. The van der Waals surface area contributed by atoms with Crippen LogP contribution in [-0.4, -0.2) is 54.9 Å². The number of nitrogens with zero attached hydrogens (tertiary/aromatic N) is 1. The minimum absolute atomic E-state index is 0.0210. The minimum atomic E-state index is -0.633. The van der Waals surface area contributed by atoms with Crippen molar-refractivity contribution in [1.82, 2.24) is 15.5 Å². The Kier molecular flexibility index (Phi) is 6.94. The van der Waals surface area contributed by atoms with E-state index in [2.05, 4.69) is 10.6 Å². The number of carbonyl (C=O) groups excluding carboxylic acids is 2. The quantitative estimate of drug-likeness (QED) is 0.664. The lowest BCUT2D eigenvalue weighted by molar-refractivity contribution is -0.125. The molecule has 1 aliphatic rings. The van der Waals surface area contributed by atoms with Crippen LogP contribution in [0.2, 0.25) is 0 Å². The number of hydrogen-bond donors (Lipinski definition) is 3. The lowest BCUT2D eigenvalue weighted by Gasteiger charge is -2.25. The summed E-state index contributed by atoms with van der Waals surface area (Å²) in [5.41, 5.74) is 0.172. The van der Waals surface area contributed by atoms with Gasteiger partial charge in [0.2, 0.25) is 0 Å². The van der Waals surface area contributed by atoms with E-state index in [0.717, 1.165) is 0 Å². The number of likely N-dealkylation sites (N-methyl/N-ethyl adjacent to an activating group) is 1. The second-order valence-corrected chi connectivity index (χ2v) is 6.52. The summed E-state index contributed by atoms with van der Waals surface area (Å²) >= 11 is 0. The van der Waals surface area contributed by atoms with Crippen LogP contribution in [0.25, 0.3) is 0 Å². The molecule has 0 aliphatic carbocycles. The molecule has 0 aromatic carbocycles. The van der Waals surface area contributed by atoms with Crippen LogP contribution >= 0.6 is 0 Å². The highest BCUT2D eigenvalue weighted by Gasteiger charge is 2.24. The van der Waals surface area contributed by atoms with E-state index in [9.17, 15) is 14.0 Å². The summed E-state index contributed by atoms with van der Waals surface area (Å²) < 4.78 is 18.0. The van der Waals surface area contributed by atoms with Gasteiger partial charge in [0, 0.05) is 45.0 Å². The van der Waals surface area contributed by atoms with Gasteiger partial charge in [-0.15, -0.1) is 0 Å². The molecule has 7 nitrogen and oxygen atoms in total. The third kappa shape index (κ3) is 6.39. The number of halogens is 1. The van der Waals surface area contributed by atoms with Crippen LogP contribution in [0.3, 0.4) is 0 Å². The fraction of sp³-hybridized carbons (Fsp3) is 0.562. The van der Waals surface area contributed by atoms with Crippen LogP contribution in [0.1, 0.15) is 27.2 Å². The molecule has 8 heteroatoms. The van der Waals surface area contributed by atoms with Gasteiger partial charge >= 0.3 is 6.09 Å². The smallest absolute Gasteiger partial charge is 0.407 e. The predicted molar refractivity (Wildman–Crippen MR) is 89.5 cm³/mol. The molecule has 1 fully saturated rings. The molecule has 0 atom stereocenters. The number of amides is 2. The van der Waals surface area contributed by atoms with Gasteiger partial charge in [-0.3, -0.25) is 4.79 Å². The molecule has 1 rings (SSSR count). The number of nitrogens with one attached hydrogen (secondary N) is 3. The monoisotopic (exact) mass is 340 g/mol. The second-order valence-electron chi connectivity index (χ2n) is 6.52. The largest absolute Gasteiger partial charge is 0.444 e. The Morgan fingerprint density at radius 1 is 1.42 bits per heavy atom. The zero-order valence-corrected chi connectivity index (χ0v) is 14.5. The molecule has 3 N–H and O–H groups in total. The summed E-state index contributed by atoms with van der Waals surface area (Å²) in [6, 6.07) is 0. The molecule has 0 saturated carbocycles. The first-order chi connectivity index (χ1) is 11.1. The zero-order chi connectivity index (χ0) is 18.3. The lowest BCUT2D eigenvalue weighted by atomic mass is 10.0. The van der Waals surface area contributed by atoms with E-state index in [-0.39, 0.29) is 35.9 Å². The first-order valence-electron chi connectivity index (χ1n) is 7.66. The Hall–Kier alpha value is -2.38. The molecule has 24 heavy (non-hydrogen) atoms. The standard InChI is InChI=1S/C16H25FN4O3/c1-16(2,3)24-15(23)20-9-11(7-17)8-19-10-12-13(18)5-6-21(4)14(12)22/h7,10,18-19H,5-6,8-9H2,1-4H3,(H,20,23)/b11-7-,12-10+,18-13?. The van der Waals surface area contributed by atoms with Crippen molar-refractivity contribution in [3.8, 4) is 0 Å². The van der Waals surface area contributed by atoms with Crippen molar-refractivity contribution in [2.45, 2.75) is 32.8 Å². The first-order valence-corrected chi connectivity index (χ1v) is 7.66. The summed E-state index contributed by atoms with van der Waals surface area (Å²) in [7, 11) is 1.67. The summed E-state index contributed by atoms with van der Waals surface area (Å²) in [5.74, 6) is -0.239. The van der Waals surface area contributed by atoms with Crippen molar-refractivity contribution in [3.05, 3.63) is 23.7 Å². The van der Waals surface area contributed by atoms with Gasteiger partial charge in [-0.25, -0.2) is 9.18 Å². The van der Waals surface area contributed by atoms with E-state index in [1.807, 2.05) is 0 Å². The maximum Gasteiger partial charge on any atom is 0.407 e. The lowest BCUT2D eigenvalue weighted by Crippen LogP contribution is -2.38. The third-order valence-corrected chi connectivity index (χ3v) is 3.19. The van der Waals surface area contributed by atoms with Gasteiger partial charge in [0.1, 0.15) is 5.60 Å². The molecular formula is C16H25FN4O3. The maximum absolute atomic E-state index is 12.9. The molecule has 1 heterocycles. The molecule has 0 bridgehead atoms.